The largest absolute Gasteiger partial charge is 0.411 e. The van der Waals surface area contributed by atoms with Crippen LogP contribution in [0.25, 0.3) is 0 Å². The molecule has 0 aromatic rings. The van der Waals surface area contributed by atoms with Crippen molar-refractivity contribution in [3.8, 4) is 6.07 Å². The Morgan fingerprint density at radius 3 is 2.44 bits per heavy atom. The molecule has 0 unspecified atom stereocenters. The zero-order chi connectivity index (χ0) is 13.9. The summed E-state index contributed by atoms with van der Waals surface area (Å²) >= 11 is 0. The van der Waals surface area contributed by atoms with Crippen molar-refractivity contribution < 1.29 is 22.6 Å². The molecule has 0 aliphatic heterocycles. The van der Waals surface area contributed by atoms with Gasteiger partial charge in [-0.3, -0.25) is 4.90 Å². The van der Waals surface area contributed by atoms with Gasteiger partial charge in [0.15, 0.2) is 0 Å². The minimum absolute atomic E-state index is 0.0650. The van der Waals surface area contributed by atoms with Crippen molar-refractivity contribution >= 4 is 0 Å². The molecule has 0 heterocycles. The third-order valence-electron chi connectivity index (χ3n) is 2.18. The molecular formula is C11H19F3N2O2. The van der Waals surface area contributed by atoms with Gasteiger partial charge in [0.05, 0.1) is 12.7 Å². The van der Waals surface area contributed by atoms with Crippen molar-refractivity contribution in [1.29, 1.82) is 5.26 Å². The normalized spacial score (nSPS) is 11.8. The Morgan fingerprint density at radius 1 is 1.17 bits per heavy atom. The molecule has 0 bridgehead atoms. The maximum atomic E-state index is 11.8. The van der Waals surface area contributed by atoms with Crippen molar-refractivity contribution in [2.24, 2.45) is 0 Å². The highest BCUT2D eigenvalue weighted by Gasteiger charge is 2.27. The van der Waals surface area contributed by atoms with Crippen molar-refractivity contribution in [1.82, 2.24) is 4.90 Å². The Kier molecular flexibility index (Phi) is 9.64. The summed E-state index contributed by atoms with van der Waals surface area (Å²) in [5, 5.41) is 8.48. The van der Waals surface area contributed by atoms with E-state index in [1.807, 2.05) is 11.0 Å². The zero-order valence-corrected chi connectivity index (χ0v) is 10.5. The van der Waals surface area contributed by atoms with Gasteiger partial charge in [-0.15, -0.1) is 0 Å². The quantitative estimate of drug-likeness (QED) is 0.567. The summed E-state index contributed by atoms with van der Waals surface area (Å²) in [6.45, 7) is 1.26. The molecule has 0 rings (SSSR count). The first-order chi connectivity index (χ1) is 8.49. The fourth-order valence-corrected chi connectivity index (χ4v) is 1.34. The highest BCUT2D eigenvalue weighted by molar-refractivity contribution is 4.72. The molecule has 0 aromatic carbocycles. The lowest BCUT2D eigenvalue weighted by Gasteiger charge is -2.20. The predicted octanol–water partition coefficient (Wildman–Crippen LogP) is 1.82. The maximum absolute atomic E-state index is 11.8. The molecular weight excluding hydrogens is 249 g/mol. The van der Waals surface area contributed by atoms with Gasteiger partial charge in [0.1, 0.15) is 6.61 Å². The summed E-state index contributed by atoms with van der Waals surface area (Å²) in [4.78, 5) is 1.98. The van der Waals surface area contributed by atoms with Crippen molar-refractivity contribution in [3.05, 3.63) is 0 Å². The number of hydrogen-bond donors (Lipinski definition) is 0. The standard InChI is InChI=1S/C11H19F3N2O2/c1-17-9-7-16(5-2-4-15)6-3-8-18-10-11(12,13)14/h2-3,5-10H2,1H3. The summed E-state index contributed by atoms with van der Waals surface area (Å²) < 4.78 is 44.8. The molecule has 4 nitrogen and oxygen atoms in total. The third-order valence-corrected chi connectivity index (χ3v) is 2.18. The third kappa shape index (κ3) is 11.6. The number of halogens is 3. The molecule has 0 fully saturated rings. The monoisotopic (exact) mass is 268 g/mol. The molecule has 0 spiro atoms. The van der Waals surface area contributed by atoms with E-state index in [0.29, 0.717) is 39.1 Å². The van der Waals surface area contributed by atoms with Crippen LogP contribution in [-0.4, -0.2) is 57.6 Å². The summed E-state index contributed by atoms with van der Waals surface area (Å²) in [6, 6.07) is 2.03. The van der Waals surface area contributed by atoms with E-state index in [0.717, 1.165) is 0 Å². The molecule has 0 amide bonds. The maximum Gasteiger partial charge on any atom is 0.411 e. The molecule has 0 saturated carbocycles. The fraction of sp³-hybridized carbons (Fsp3) is 0.909. The first-order valence-corrected chi connectivity index (χ1v) is 5.72. The van der Waals surface area contributed by atoms with E-state index in [1.165, 1.54) is 0 Å². The van der Waals surface area contributed by atoms with Gasteiger partial charge in [0, 0.05) is 39.8 Å². The number of nitrogens with zero attached hydrogens (tertiary/aromatic N) is 2. The van der Waals surface area contributed by atoms with E-state index in [1.54, 1.807) is 7.11 Å². The number of rotatable bonds is 10. The summed E-state index contributed by atoms with van der Waals surface area (Å²) in [5.74, 6) is 0. The fourth-order valence-electron chi connectivity index (χ4n) is 1.34. The van der Waals surface area contributed by atoms with Gasteiger partial charge < -0.3 is 9.47 Å². The van der Waals surface area contributed by atoms with E-state index in [4.69, 9.17) is 10.00 Å². The molecule has 0 N–H and O–H groups in total. The second-order valence-corrected chi connectivity index (χ2v) is 3.76. The highest BCUT2D eigenvalue weighted by Crippen LogP contribution is 2.14. The smallest absolute Gasteiger partial charge is 0.383 e. The van der Waals surface area contributed by atoms with Crippen molar-refractivity contribution in [2.45, 2.75) is 19.0 Å². The van der Waals surface area contributed by atoms with E-state index >= 15 is 0 Å². The molecule has 18 heavy (non-hydrogen) atoms. The second-order valence-electron chi connectivity index (χ2n) is 3.76. The average molecular weight is 268 g/mol. The molecule has 0 aliphatic rings. The van der Waals surface area contributed by atoms with Gasteiger partial charge >= 0.3 is 6.18 Å². The van der Waals surface area contributed by atoms with Crippen LogP contribution >= 0.6 is 0 Å². The number of methoxy groups -OCH3 is 1. The first-order valence-electron chi connectivity index (χ1n) is 5.72. The van der Waals surface area contributed by atoms with E-state index in [9.17, 15) is 13.2 Å². The van der Waals surface area contributed by atoms with E-state index in [-0.39, 0.29) is 6.61 Å². The summed E-state index contributed by atoms with van der Waals surface area (Å²) in [5.41, 5.74) is 0. The van der Waals surface area contributed by atoms with Crippen LogP contribution in [0.2, 0.25) is 0 Å². The SMILES string of the molecule is COCCN(CCC#N)CCCOCC(F)(F)F. The van der Waals surface area contributed by atoms with Gasteiger partial charge in [-0.2, -0.15) is 18.4 Å². The molecule has 0 saturated heterocycles. The van der Waals surface area contributed by atoms with Crippen LogP contribution in [0.15, 0.2) is 0 Å². The number of alkyl halides is 3. The van der Waals surface area contributed by atoms with E-state index < -0.39 is 12.8 Å². The molecule has 0 aliphatic carbocycles. The zero-order valence-electron chi connectivity index (χ0n) is 10.5. The van der Waals surface area contributed by atoms with Crippen LogP contribution in [0, 0.1) is 11.3 Å². The number of ether oxygens (including phenoxy) is 2. The Morgan fingerprint density at radius 2 is 1.89 bits per heavy atom. The molecule has 106 valence electrons. The lowest BCUT2D eigenvalue weighted by molar-refractivity contribution is -0.174. The van der Waals surface area contributed by atoms with Crippen LogP contribution < -0.4 is 0 Å². The number of hydrogen-bond acceptors (Lipinski definition) is 4. The lowest BCUT2D eigenvalue weighted by Crippen LogP contribution is -2.30. The van der Waals surface area contributed by atoms with Crippen LogP contribution in [0.3, 0.4) is 0 Å². The Bertz CT molecular complexity index is 241. The molecule has 0 aromatic heterocycles. The van der Waals surface area contributed by atoms with Gasteiger partial charge in [-0.05, 0) is 6.42 Å². The van der Waals surface area contributed by atoms with Crippen LogP contribution in [-0.2, 0) is 9.47 Å². The van der Waals surface area contributed by atoms with Crippen LogP contribution in [0.5, 0.6) is 0 Å². The first kappa shape index (κ1) is 17.2. The average Bonchev–Trinajstić information content (AvgIpc) is 2.29. The molecule has 0 radical (unpaired) electrons. The van der Waals surface area contributed by atoms with Crippen molar-refractivity contribution in [2.75, 3.05) is 46.6 Å². The predicted molar refractivity (Wildman–Crippen MR) is 60.0 cm³/mol. The second kappa shape index (κ2) is 10.1. The topological polar surface area (TPSA) is 45.5 Å². The van der Waals surface area contributed by atoms with Crippen LogP contribution in [0.4, 0.5) is 13.2 Å². The summed E-state index contributed by atoms with van der Waals surface area (Å²) in [7, 11) is 1.58. The molecule has 7 heteroatoms. The Labute approximate surface area is 105 Å². The minimum Gasteiger partial charge on any atom is -0.383 e. The van der Waals surface area contributed by atoms with E-state index in [2.05, 4.69) is 4.74 Å². The van der Waals surface area contributed by atoms with Gasteiger partial charge in [-0.25, -0.2) is 0 Å². The minimum atomic E-state index is -4.27. The van der Waals surface area contributed by atoms with Gasteiger partial charge in [0.25, 0.3) is 0 Å². The Hall–Kier alpha value is -0.840. The van der Waals surface area contributed by atoms with Gasteiger partial charge in [-0.1, -0.05) is 0 Å². The van der Waals surface area contributed by atoms with Gasteiger partial charge in [0.2, 0.25) is 0 Å². The Balaban J connectivity index is 3.65. The number of nitriles is 1. The molecule has 0 atom stereocenters. The van der Waals surface area contributed by atoms with Crippen LogP contribution in [0.1, 0.15) is 12.8 Å². The summed E-state index contributed by atoms with van der Waals surface area (Å²) in [6.07, 6.45) is -3.37. The lowest BCUT2D eigenvalue weighted by atomic mass is 10.3. The highest BCUT2D eigenvalue weighted by atomic mass is 19.4. The van der Waals surface area contributed by atoms with Crippen molar-refractivity contribution in [3.63, 3.8) is 0 Å².